The van der Waals surface area contributed by atoms with E-state index < -0.39 is 5.60 Å². The SMILES string of the molecule is CCNC(=NCC1(O)CCCC1)NCCc1c[nH]c2c(C)cccc12.I. The summed E-state index contributed by atoms with van der Waals surface area (Å²) in [4.78, 5) is 7.98. The number of rotatable bonds is 6. The monoisotopic (exact) mass is 470 g/mol. The van der Waals surface area contributed by atoms with Gasteiger partial charge in [0.25, 0.3) is 0 Å². The van der Waals surface area contributed by atoms with Crippen molar-refractivity contribution in [1.29, 1.82) is 0 Å². The number of aromatic nitrogens is 1. The Bertz CT molecular complexity index is 734. The van der Waals surface area contributed by atoms with Crippen molar-refractivity contribution in [2.75, 3.05) is 19.6 Å². The van der Waals surface area contributed by atoms with Crippen LogP contribution in [0.15, 0.2) is 29.4 Å². The van der Waals surface area contributed by atoms with E-state index in [1.54, 1.807) is 0 Å². The van der Waals surface area contributed by atoms with Crippen molar-refractivity contribution in [3.05, 3.63) is 35.5 Å². The van der Waals surface area contributed by atoms with E-state index in [-0.39, 0.29) is 24.0 Å². The number of aromatic amines is 1. The quantitative estimate of drug-likeness (QED) is 0.297. The van der Waals surface area contributed by atoms with Gasteiger partial charge >= 0.3 is 0 Å². The fourth-order valence-electron chi connectivity index (χ4n) is 3.65. The number of guanidine groups is 1. The summed E-state index contributed by atoms with van der Waals surface area (Å²) in [5, 5.41) is 18.4. The second kappa shape index (κ2) is 9.60. The Balaban J connectivity index is 0.00000243. The first kappa shape index (κ1) is 21.0. The number of para-hydroxylation sites is 1. The van der Waals surface area contributed by atoms with E-state index in [2.05, 4.69) is 58.9 Å². The van der Waals surface area contributed by atoms with Crippen LogP contribution in [0, 0.1) is 6.92 Å². The van der Waals surface area contributed by atoms with Crippen molar-refractivity contribution in [2.24, 2.45) is 4.99 Å². The molecule has 1 aliphatic carbocycles. The van der Waals surface area contributed by atoms with Crippen LogP contribution in [0.2, 0.25) is 0 Å². The fraction of sp³-hybridized carbons (Fsp3) is 0.550. The minimum Gasteiger partial charge on any atom is -0.388 e. The van der Waals surface area contributed by atoms with Crippen LogP contribution in [0.25, 0.3) is 10.9 Å². The van der Waals surface area contributed by atoms with Crippen LogP contribution in [0.5, 0.6) is 0 Å². The molecule has 2 aromatic rings. The first-order valence-corrected chi connectivity index (χ1v) is 9.41. The number of aryl methyl sites for hydroxylation is 1. The molecule has 144 valence electrons. The minimum atomic E-state index is -0.600. The number of hydrogen-bond donors (Lipinski definition) is 4. The van der Waals surface area contributed by atoms with Crippen LogP contribution < -0.4 is 10.6 Å². The Labute approximate surface area is 173 Å². The summed E-state index contributed by atoms with van der Waals surface area (Å²) in [6, 6.07) is 6.41. The number of aliphatic imine (C=N–C) groups is 1. The molecule has 6 heteroatoms. The number of nitrogens with one attached hydrogen (secondary N) is 3. The molecule has 1 aromatic carbocycles. The van der Waals surface area contributed by atoms with Crippen LogP contribution in [-0.4, -0.2) is 41.3 Å². The van der Waals surface area contributed by atoms with Crippen molar-refractivity contribution in [1.82, 2.24) is 15.6 Å². The van der Waals surface area contributed by atoms with Crippen LogP contribution in [0.1, 0.15) is 43.7 Å². The van der Waals surface area contributed by atoms with Gasteiger partial charge in [-0.3, -0.25) is 4.99 Å². The Hall–Kier alpha value is -1.28. The van der Waals surface area contributed by atoms with Crippen molar-refractivity contribution in [3.8, 4) is 0 Å². The molecular formula is C20H31IN4O. The first-order chi connectivity index (χ1) is 12.1. The van der Waals surface area contributed by atoms with E-state index in [1.165, 1.54) is 22.0 Å². The van der Waals surface area contributed by atoms with Crippen LogP contribution in [0.4, 0.5) is 0 Å². The molecule has 3 rings (SSSR count). The van der Waals surface area contributed by atoms with E-state index in [0.717, 1.165) is 51.2 Å². The lowest BCUT2D eigenvalue weighted by Gasteiger charge is -2.20. The Morgan fingerprint density at radius 3 is 2.77 bits per heavy atom. The second-order valence-corrected chi connectivity index (χ2v) is 7.11. The molecule has 1 fully saturated rings. The van der Waals surface area contributed by atoms with Gasteiger partial charge in [0.15, 0.2) is 5.96 Å². The Morgan fingerprint density at radius 2 is 2.04 bits per heavy atom. The average molecular weight is 470 g/mol. The normalized spacial score (nSPS) is 16.5. The summed E-state index contributed by atoms with van der Waals surface area (Å²) in [7, 11) is 0. The number of nitrogens with zero attached hydrogens (tertiary/aromatic N) is 1. The van der Waals surface area contributed by atoms with Gasteiger partial charge in [0.05, 0.1) is 12.1 Å². The minimum absolute atomic E-state index is 0. The molecule has 26 heavy (non-hydrogen) atoms. The van der Waals surface area contributed by atoms with Crippen molar-refractivity contribution < 1.29 is 5.11 Å². The lowest BCUT2D eigenvalue weighted by atomic mass is 10.0. The summed E-state index contributed by atoms with van der Waals surface area (Å²) >= 11 is 0. The number of benzene rings is 1. The molecule has 0 aliphatic heterocycles. The summed E-state index contributed by atoms with van der Waals surface area (Å²) in [6.07, 6.45) is 6.98. The highest BCUT2D eigenvalue weighted by Crippen LogP contribution is 2.29. The van der Waals surface area contributed by atoms with Crippen LogP contribution >= 0.6 is 24.0 Å². The Kier molecular flexibility index (Phi) is 7.76. The number of aliphatic hydroxyl groups is 1. The maximum absolute atomic E-state index is 10.5. The first-order valence-electron chi connectivity index (χ1n) is 9.41. The fourth-order valence-corrected chi connectivity index (χ4v) is 3.65. The van der Waals surface area contributed by atoms with Crippen molar-refractivity contribution >= 4 is 40.8 Å². The molecule has 0 bridgehead atoms. The topological polar surface area (TPSA) is 72.4 Å². The van der Waals surface area contributed by atoms with E-state index >= 15 is 0 Å². The van der Waals surface area contributed by atoms with E-state index in [0.29, 0.717) is 6.54 Å². The largest absolute Gasteiger partial charge is 0.388 e. The second-order valence-electron chi connectivity index (χ2n) is 7.11. The van der Waals surface area contributed by atoms with Gasteiger partial charge in [-0.05, 0) is 44.2 Å². The molecule has 1 saturated carbocycles. The zero-order chi connectivity index (χ0) is 17.7. The third kappa shape index (κ3) is 5.13. The molecule has 0 amide bonds. The Morgan fingerprint density at radius 1 is 1.27 bits per heavy atom. The number of fused-ring (bicyclic) bond motifs is 1. The third-order valence-electron chi connectivity index (χ3n) is 5.11. The van der Waals surface area contributed by atoms with Crippen LogP contribution in [0.3, 0.4) is 0 Å². The number of H-pyrrole nitrogens is 1. The summed E-state index contributed by atoms with van der Waals surface area (Å²) in [5.41, 5.74) is 3.21. The van der Waals surface area contributed by atoms with Gasteiger partial charge in [-0.15, -0.1) is 24.0 Å². The predicted octanol–water partition coefficient (Wildman–Crippen LogP) is 3.50. The molecule has 0 radical (unpaired) electrons. The maximum atomic E-state index is 10.5. The smallest absolute Gasteiger partial charge is 0.191 e. The van der Waals surface area contributed by atoms with Gasteiger partial charge < -0.3 is 20.7 Å². The highest BCUT2D eigenvalue weighted by molar-refractivity contribution is 14.0. The molecule has 4 N–H and O–H groups in total. The van der Waals surface area contributed by atoms with E-state index in [9.17, 15) is 5.11 Å². The summed E-state index contributed by atoms with van der Waals surface area (Å²) < 4.78 is 0. The van der Waals surface area contributed by atoms with Gasteiger partial charge in [-0.1, -0.05) is 31.0 Å². The predicted molar refractivity (Wildman–Crippen MR) is 120 cm³/mol. The number of halogens is 1. The lowest BCUT2D eigenvalue weighted by molar-refractivity contribution is 0.0574. The molecule has 1 heterocycles. The molecule has 5 nitrogen and oxygen atoms in total. The molecule has 0 saturated heterocycles. The van der Waals surface area contributed by atoms with E-state index in [4.69, 9.17) is 0 Å². The molecular weight excluding hydrogens is 439 g/mol. The highest BCUT2D eigenvalue weighted by atomic mass is 127. The molecule has 1 aliphatic rings. The van der Waals surface area contributed by atoms with Crippen molar-refractivity contribution in [2.45, 2.75) is 51.6 Å². The standard InChI is InChI=1S/C20H30N4O.HI/c1-3-21-19(24-14-20(25)10-4-5-11-20)22-12-9-16-13-23-18-15(2)7-6-8-17(16)18;/h6-8,13,23,25H,3-5,9-12,14H2,1-2H3,(H2,21,22,24);1H. The highest BCUT2D eigenvalue weighted by Gasteiger charge is 2.30. The summed E-state index contributed by atoms with van der Waals surface area (Å²) in [5.74, 6) is 0.791. The molecule has 0 unspecified atom stereocenters. The van der Waals surface area contributed by atoms with Crippen molar-refractivity contribution in [3.63, 3.8) is 0 Å². The van der Waals surface area contributed by atoms with Gasteiger partial charge in [-0.2, -0.15) is 0 Å². The van der Waals surface area contributed by atoms with Gasteiger partial charge in [0.2, 0.25) is 0 Å². The van der Waals surface area contributed by atoms with Gasteiger partial charge in [0.1, 0.15) is 0 Å². The zero-order valence-corrected chi connectivity index (χ0v) is 18.1. The molecule has 0 spiro atoms. The van der Waals surface area contributed by atoms with E-state index in [1.807, 2.05) is 0 Å². The zero-order valence-electron chi connectivity index (χ0n) is 15.8. The third-order valence-corrected chi connectivity index (χ3v) is 5.11. The van der Waals surface area contributed by atoms with Gasteiger partial charge in [-0.25, -0.2) is 0 Å². The summed E-state index contributed by atoms with van der Waals surface area (Å²) in [6.45, 7) is 6.30. The average Bonchev–Trinajstić information content (AvgIpc) is 3.21. The molecule has 0 atom stereocenters. The maximum Gasteiger partial charge on any atom is 0.191 e. The van der Waals surface area contributed by atoms with Crippen LogP contribution in [-0.2, 0) is 6.42 Å². The molecule has 1 aromatic heterocycles. The van der Waals surface area contributed by atoms with Gasteiger partial charge in [0, 0.05) is 30.2 Å². The number of hydrogen-bond acceptors (Lipinski definition) is 2. The lowest BCUT2D eigenvalue weighted by Crippen LogP contribution is -2.40.